The lowest BCUT2D eigenvalue weighted by atomic mass is 9.97. The number of nitrogens with zero attached hydrogens (tertiary/aromatic N) is 2. The molecule has 0 radical (unpaired) electrons. The van der Waals surface area contributed by atoms with E-state index in [1.165, 1.54) is 29.6 Å². The smallest absolute Gasteiger partial charge is 0.259 e. The first-order chi connectivity index (χ1) is 13.1. The lowest BCUT2D eigenvalue weighted by molar-refractivity contribution is 0.0985. The Morgan fingerprint density at radius 3 is 2.61 bits per heavy atom. The van der Waals surface area contributed by atoms with Gasteiger partial charge in [0, 0.05) is 19.6 Å². The van der Waals surface area contributed by atoms with E-state index in [9.17, 15) is 13.2 Å². The Labute approximate surface area is 172 Å². The number of carbonyl (C=O) groups is 1. The Bertz CT molecular complexity index is 1020. The van der Waals surface area contributed by atoms with E-state index in [0.717, 1.165) is 29.7 Å². The molecule has 0 saturated carbocycles. The van der Waals surface area contributed by atoms with Crippen LogP contribution in [0, 0.1) is 6.92 Å². The van der Waals surface area contributed by atoms with Crippen LogP contribution in [0.25, 0.3) is 0 Å². The minimum Gasteiger partial charge on any atom is -0.308 e. The van der Waals surface area contributed by atoms with E-state index in [1.807, 2.05) is 25.1 Å². The SMILES string of the molecule is Cc1cccc2c1N(C(=O)c1cc(S(=O)(=O)N(C)C(C)C)ccc1Cl)CCC2. The molecule has 0 bridgehead atoms. The quantitative estimate of drug-likeness (QED) is 0.742. The normalized spacial score (nSPS) is 14.5. The van der Waals surface area contributed by atoms with Crippen LogP contribution in [-0.2, 0) is 16.4 Å². The number of benzene rings is 2. The van der Waals surface area contributed by atoms with Gasteiger partial charge in [-0.15, -0.1) is 0 Å². The lowest BCUT2D eigenvalue weighted by Crippen LogP contribution is -2.36. The zero-order valence-corrected chi connectivity index (χ0v) is 18.1. The Kier molecular flexibility index (Phi) is 5.84. The topological polar surface area (TPSA) is 57.7 Å². The van der Waals surface area contributed by atoms with Crippen LogP contribution in [0.2, 0.25) is 5.02 Å². The number of anilines is 1. The number of halogens is 1. The van der Waals surface area contributed by atoms with E-state index in [-0.39, 0.29) is 27.4 Å². The van der Waals surface area contributed by atoms with Crippen molar-refractivity contribution in [2.75, 3.05) is 18.5 Å². The largest absolute Gasteiger partial charge is 0.308 e. The van der Waals surface area contributed by atoms with Gasteiger partial charge in [-0.25, -0.2) is 8.42 Å². The molecule has 0 fully saturated rings. The molecule has 150 valence electrons. The number of fused-ring (bicyclic) bond motifs is 1. The summed E-state index contributed by atoms with van der Waals surface area (Å²) >= 11 is 6.31. The van der Waals surface area contributed by atoms with Gasteiger partial charge in [0.15, 0.2) is 0 Å². The summed E-state index contributed by atoms with van der Waals surface area (Å²) in [6, 6.07) is 10.1. The van der Waals surface area contributed by atoms with Crippen LogP contribution in [0.15, 0.2) is 41.3 Å². The molecular weight excluding hydrogens is 396 g/mol. The molecule has 0 aromatic heterocycles. The summed E-state index contributed by atoms with van der Waals surface area (Å²) in [7, 11) is -2.18. The van der Waals surface area contributed by atoms with Crippen molar-refractivity contribution in [3.8, 4) is 0 Å². The summed E-state index contributed by atoms with van der Waals surface area (Å²) in [4.78, 5) is 15.1. The molecule has 2 aromatic carbocycles. The summed E-state index contributed by atoms with van der Waals surface area (Å²) < 4.78 is 27.0. The van der Waals surface area contributed by atoms with Gasteiger partial charge in [-0.2, -0.15) is 4.31 Å². The van der Waals surface area contributed by atoms with Crippen LogP contribution in [0.4, 0.5) is 5.69 Å². The number of sulfonamides is 1. The van der Waals surface area contributed by atoms with E-state index in [4.69, 9.17) is 11.6 Å². The monoisotopic (exact) mass is 420 g/mol. The lowest BCUT2D eigenvalue weighted by Gasteiger charge is -2.31. The Morgan fingerprint density at radius 2 is 1.93 bits per heavy atom. The molecule has 0 N–H and O–H groups in total. The van der Waals surface area contributed by atoms with Gasteiger partial charge >= 0.3 is 0 Å². The van der Waals surface area contributed by atoms with Crippen LogP contribution >= 0.6 is 11.6 Å². The molecule has 1 aliphatic heterocycles. The highest BCUT2D eigenvalue weighted by Crippen LogP contribution is 2.33. The summed E-state index contributed by atoms with van der Waals surface area (Å²) in [5, 5.41) is 0.247. The van der Waals surface area contributed by atoms with Crippen LogP contribution in [0.5, 0.6) is 0 Å². The van der Waals surface area contributed by atoms with Gasteiger partial charge in [-0.05, 0) is 62.9 Å². The maximum absolute atomic E-state index is 13.4. The third-order valence-electron chi connectivity index (χ3n) is 5.24. The summed E-state index contributed by atoms with van der Waals surface area (Å²) in [5.41, 5.74) is 3.25. The van der Waals surface area contributed by atoms with E-state index in [1.54, 1.807) is 18.7 Å². The van der Waals surface area contributed by atoms with Crippen molar-refractivity contribution < 1.29 is 13.2 Å². The number of amides is 1. The summed E-state index contributed by atoms with van der Waals surface area (Å²) in [5.74, 6) is -0.274. The summed E-state index contributed by atoms with van der Waals surface area (Å²) in [6.45, 7) is 6.15. The van der Waals surface area contributed by atoms with Crippen LogP contribution in [0.3, 0.4) is 0 Å². The maximum Gasteiger partial charge on any atom is 0.259 e. The fourth-order valence-corrected chi connectivity index (χ4v) is 5.06. The average molecular weight is 421 g/mol. The molecule has 1 heterocycles. The van der Waals surface area contributed by atoms with E-state index in [2.05, 4.69) is 0 Å². The maximum atomic E-state index is 13.4. The van der Waals surface area contributed by atoms with E-state index in [0.29, 0.717) is 6.54 Å². The van der Waals surface area contributed by atoms with Crippen molar-refractivity contribution in [3.63, 3.8) is 0 Å². The molecule has 28 heavy (non-hydrogen) atoms. The third kappa shape index (κ3) is 3.69. The average Bonchev–Trinajstić information content (AvgIpc) is 2.66. The number of hydrogen-bond acceptors (Lipinski definition) is 3. The Hall–Kier alpha value is -1.89. The molecule has 1 amide bonds. The predicted molar refractivity (Wildman–Crippen MR) is 113 cm³/mol. The molecule has 7 heteroatoms. The Morgan fingerprint density at radius 1 is 1.21 bits per heavy atom. The highest BCUT2D eigenvalue weighted by atomic mass is 35.5. The van der Waals surface area contributed by atoms with Gasteiger partial charge in [0.1, 0.15) is 0 Å². The number of carbonyl (C=O) groups excluding carboxylic acids is 1. The van der Waals surface area contributed by atoms with Gasteiger partial charge < -0.3 is 4.90 Å². The van der Waals surface area contributed by atoms with Crippen LogP contribution < -0.4 is 4.90 Å². The predicted octanol–water partition coefficient (Wildman–Crippen LogP) is 4.27. The fourth-order valence-electron chi connectivity index (χ4n) is 3.47. The molecular formula is C21H25ClN2O3S. The van der Waals surface area contributed by atoms with Crippen molar-refractivity contribution >= 4 is 33.2 Å². The zero-order chi connectivity index (χ0) is 20.6. The van der Waals surface area contributed by atoms with Gasteiger partial charge in [0.05, 0.1) is 21.2 Å². The van der Waals surface area contributed by atoms with Gasteiger partial charge in [-0.1, -0.05) is 29.8 Å². The summed E-state index contributed by atoms with van der Waals surface area (Å²) in [6.07, 6.45) is 1.77. The van der Waals surface area contributed by atoms with Gasteiger partial charge in [0.25, 0.3) is 5.91 Å². The second-order valence-electron chi connectivity index (χ2n) is 7.40. The first kappa shape index (κ1) is 20.8. The fraction of sp³-hybridized carbons (Fsp3) is 0.381. The van der Waals surface area contributed by atoms with Gasteiger partial charge in [0.2, 0.25) is 10.0 Å². The number of para-hydroxylation sites is 1. The minimum absolute atomic E-state index is 0.0680. The van der Waals surface area contributed by atoms with Gasteiger partial charge in [-0.3, -0.25) is 4.79 Å². The molecule has 5 nitrogen and oxygen atoms in total. The molecule has 0 aliphatic carbocycles. The van der Waals surface area contributed by atoms with Crippen molar-refractivity contribution in [2.45, 2.75) is 44.6 Å². The standard InChI is InChI=1S/C21H25ClN2O3S/c1-14(2)23(4)28(26,27)17-10-11-19(22)18(13-17)21(25)24-12-6-9-16-8-5-7-15(3)20(16)24/h5,7-8,10-11,13-14H,6,9,12H2,1-4H3. The molecule has 0 unspecified atom stereocenters. The van der Waals surface area contributed by atoms with Crippen molar-refractivity contribution in [1.29, 1.82) is 0 Å². The second kappa shape index (κ2) is 7.85. The highest BCUT2D eigenvalue weighted by molar-refractivity contribution is 7.89. The molecule has 0 saturated heterocycles. The molecule has 1 aliphatic rings. The zero-order valence-electron chi connectivity index (χ0n) is 16.6. The first-order valence-electron chi connectivity index (χ1n) is 9.32. The number of aryl methyl sites for hydroxylation is 2. The third-order valence-corrected chi connectivity index (χ3v) is 7.60. The molecule has 2 aromatic rings. The van der Waals surface area contributed by atoms with E-state index >= 15 is 0 Å². The number of rotatable bonds is 4. The number of hydrogen-bond donors (Lipinski definition) is 0. The Balaban J connectivity index is 2.05. The molecule has 0 spiro atoms. The first-order valence-corrected chi connectivity index (χ1v) is 11.1. The minimum atomic E-state index is -3.71. The van der Waals surface area contributed by atoms with Crippen LogP contribution in [0.1, 0.15) is 41.8 Å². The molecule has 0 atom stereocenters. The molecule has 3 rings (SSSR count). The van der Waals surface area contributed by atoms with Crippen LogP contribution in [-0.4, -0.2) is 38.3 Å². The highest BCUT2D eigenvalue weighted by Gasteiger charge is 2.29. The van der Waals surface area contributed by atoms with Crippen molar-refractivity contribution in [2.24, 2.45) is 0 Å². The second-order valence-corrected chi connectivity index (χ2v) is 9.80. The van der Waals surface area contributed by atoms with E-state index < -0.39 is 10.0 Å². The van der Waals surface area contributed by atoms with Crippen molar-refractivity contribution in [1.82, 2.24) is 4.31 Å². The van der Waals surface area contributed by atoms with Crippen molar-refractivity contribution in [3.05, 3.63) is 58.1 Å².